The van der Waals surface area contributed by atoms with Gasteiger partial charge in [-0.1, -0.05) is 17.3 Å². The van der Waals surface area contributed by atoms with Crippen molar-refractivity contribution in [1.82, 2.24) is 19.9 Å². The van der Waals surface area contributed by atoms with E-state index in [1.807, 2.05) is 31.4 Å². The first-order valence-electron chi connectivity index (χ1n) is 6.89. The summed E-state index contributed by atoms with van der Waals surface area (Å²) in [6, 6.07) is 8.07. The van der Waals surface area contributed by atoms with E-state index in [1.165, 1.54) is 0 Å². The van der Waals surface area contributed by atoms with Crippen molar-refractivity contribution >= 4 is 11.4 Å². The highest BCUT2D eigenvalue weighted by Crippen LogP contribution is 2.23. The van der Waals surface area contributed by atoms with Crippen molar-refractivity contribution in [1.29, 1.82) is 0 Å². The van der Waals surface area contributed by atoms with Crippen molar-refractivity contribution in [2.75, 3.05) is 36.8 Å². The Balaban J connectivity index is 1.58. The molecule has 6 nitrogen and oxygen atoms in total. The molecule has 1 fully saturated rings. The molecule has 0 unspecified atom stereocenters. The Bertz CT molecular complexity index is 571. The molecule has 1 aromatic heterocycles. The number of aromatic nitrogens is 3. The minimum atomic E-state index is 0.856. The summed E-state index contributed by atoms with van der Waals surface area (Å²) in [5, 5.41) is 8.11. The first-order valence-corrected chi connectivity index (χ1v) is 6.89. The summed E-state index contributed by atoms with van der Waals surface area (Å²) in [6.45, 7) is 4.89. The van der Waals surface area contributed by atoms with Crippen LogP contribution in [0.3, 0.4) is 0 Å². The number of hydrogen-bond acceptors (Lipinski definition) is 5. The number of anilines is 2. The number of piperazine rings is 1. The Labute approximate surface area is 118 Å². The lowest BCUT2D eigenvalue weighted by Crippen LogP contribution is -2.46. The molecule has 1 aliphatic heterocycles. The van der Waals surface area contributed by atoms with Gasteiger partial charge in [-0.05, 0) is 12.1 Å². The second kappa shape index (κ2) is 5.50. The third-order valence-corrected chi connectivity index (χ3v) is 3.69. The van der Waals surface area contributed by atoms with E-state index >= 15 is 0 Å². The molecule has 106 valence electrons. The SMILES string of the molecule is Cn1cc(CN2CCN(c3ccccc3N)CC2)nn1. The number of aryl methyl sites for hydroxylation is 1. The van der Waals surface area contributed by atoms with Gasteiger partial charge in [0.05, 0.1) is 17.1 Å². The van der Waals surface area contributed by atoms with Crippen LogP contribution in [0.15, 0.2) is 30.5 Å². The van der Waals surface area contributed by atoms with E-state index in [2.05, 4.69) is 26.2 Å². The number of hydrogen-bond donors (Lipinski definition) is 1. The van der Waals surface area contributed by atoms with Crippen molar-refractivity contribution in [3.05, 3.63) is 36.2 Å². The van der Waals surface area contributed by atoms with E-state index < -0.39 is 0 Å². The standard InChI is InChI=1S/C14H20N6/c1-18-10-12(16-17-18)11-19-6-8-20(9-7-19)14-5-3-2-4-13(14)15/h2-5,10H,6-9,11,15H2,1H3. The maximum atomic E-state index is 6.04. The average molecular weight is 272 g/mol. The Hall–Kier alpha value is -2.08. The molecular weight excluding hydrogens is 252 g/mol. The fraction of sp³-hybridized carbons (Fsp3) is 0.429. The molecule has 1 aromatic carbocycles. The van der Waals surface area contributed by atoms with Crippen molar-refractivity contribution in [3.8, 4) is 0 Å². The van der Waals surface area contributed by atoms with Crippen LogP contribution < -0.4 is 10.6 Å². The highest BCUT2D eigenvalue weighted by atomic mass is 15.4. The van der Waals surface area contributed by atoms with Gasteiger partial charge in [0.2, 0.25) is 0 Å². The smallest absolute Gasteiger partial charge is 0.0967 e. The third kappa shape index (κ3) is 2.75. The molecule has 3 rings (SSSR count). The highest BCUT2D eigenvalue weighted by Gasteiger charge is 2.19. The van der Waals surface area contributed by atoms with Gasteiger partial charge in [-0.3, -0.25) is 9.58 Å². The quantitative estimate of drug-likeness (QED) is 0.834. The minimum absolute atomic E-state index is 0.856. The van der Waals surface area contributed by atoms with E-state index in [1.54, 1.807) is 4.68 Å². The maximum absolute atomic E-state index is 6.04. The minimum Gasteiger partial charge on any atom is -0.397 e. The third-order valence-electron chi connectivity index (χ3n) is 3.69. The predicted molar refractivity (Wildman–Crippen MR) is 79.3 cm³/mol. The Morgan fingerprint density at radius 3 is 2.55 bits per heavy atom. The first kappa shape index (κ1) is 12.9. The van der Waals surface area contributed by atoms with Gasteiger partial charge in [-0.25, -0.2) is 0 Å². The molecule has 0 saturated carbocycles. The molecule has 1 aliphatic rings. The summed E-state index contributed by atoms with van der Waals surface area (Å²) in [6.07, 6.45) is 1.97. The summed E-state index contributed by atoms with van der Waals surface area (Å²) < 4.78 is 1.75. The summed E-state index contributed by atoms with van der Waals surface area (Å²) in [5.41, 5.74) is 9.07. The number of nitrogens with two attached hydrogens (primary N) is 1. The van der Waals surface area contributed by atoms with Gasteiger partial charge in [0, 0.05) is 46.0 Å². The van der Waals surface area contributed by atoms with Crippen LogP contribution in [0.1, 0.15) is 5.69 Å². The molecule has 0 atom stereocenters. The van der Waals surface area contributed by atoms with Gasteiger partial charge in [-0.2, -0.15) is 0 Å². The molecule has 2 heterocycles. The molecule has 0 radical (unpaired) electrons. The van der Waals surface area contributed by atoms with Crippen LogP contribution in [0.4, 0.5) is 11.4 Å². The normalized spacial score (nSPS) is 16.6. The summed E-state index contributed by atoms with van der Waals surface area (Å²) in [5.74, 6) is 0. The number of rotatable bonds is 3. The zero-order valence-electron chi connectivity index (χ0n) is 11.7. The number of benzene rings is 1. The number of nitrogen functional groups attached to an aromatic ring is 1. The molecule has 1 saturated heterocycles. The van der Waals surface area contributed by atoms with Gasteiger partial charge in [0.15, 0.2) is 0 Å². The maximum Gasteiger partial charge on any atom is 0.0967 e. The van der Waals surface area contributed by atoms with Crippen LogP contribution in [0.5, 0.6) is 0 Å². The predicted octanol–water partition coefficient (Wildman–Crippen LogP) is 0.719. The lowest BCUT2D eigenvalue weighted by Gasteiger charge is -2.36. The van der Waals surface area contributed by atoms with E-state index in [9.17, 15) is 0 Å². The molecule has 0 spiro atoms. The van der Waals surface area contributed by atoms with Crippen LogP contribution in [0, 0.1) is 0 Å². The van der Waals surface area contributed by atoms with Gasteiger partial charge in [0.25, 0.3) is 0 Å². The van der Waals surface area contributed by atoms with E-state index in [0.717, 1.165) is 49.8 Å². The Morgan fingerprint density at radius 2 is 1.90 bits per heavy atom. The first-order chi connectivity index (χ1) is 9.72. The van der Waals surface area contributed by atoms with Crippen molar-refractivity contribution in [2.45, 2.75) is 6.54 Å². The summed E-state index contributed by atoms with van der Waals surface area (Å²) >= 11 is 0. The van der Waals surface area contributed by atoms with E-state index in [4.69, 9.17) is 5.73 Å². The molecule has 6 heteroatoms. The number of para-hydroxylation sites is 2. The van der Waals surface area contributed by atoms with Gasteiger partial charge >= 0.3 is 0 Å². The zero-order chi connectivity index (χ0) is 13.9. The topological polar surface area (TPSA) is 63.2 Å². The van der Waals surface area contributed by atoms with E-state index in [-0.39, 0.29) is 0 Å². The lowest BCUT2D eigenvalue weighted by molar-refractivity contribution is 0.247. The van der Waals surface area contributed by atoms with Gasteiger partial charge in [-0.15, -0.1) is 5.10 Å². The zero-order valence-corrected chi connectivity index (χ0v) is 11.7. The van der Waals surface area contributed by atoms with Crippen LogP contribution in [0.2, 0.25) is 0 Å². The lowest BCUT2D eigenvalue weighted by atomic mass is 10.2. The molecule has 2 aromatic rings. The molecule has 20 heavy (non-hydrogen) atoms. The van der Waals surface area contributed by atoms with Crippen LogP contribution >= 0.6 is 0 Å². The van der Waals surface area contributed by atoms with Gasteiger partial charge < -0.3 is 10.6 Å². The second-order valence-corrected chi connectivity index (χ2v) is 5.21. The molecule has 2 N–H and O–H groups in total. The molecular formula is C14H20N6. The van der Waals surface area contributed by atoms with Crippen LogP contribution in [0.25, 0.3) is 0 Å². The average Bonchev–Trinajstić information content (AvgIpc) is 2.86. The van der Waals surface area contributed by atoms with Crippen LogP contribution in [-0.2, 0) is 13.6 Å². The summed E-state index contributed by atoms with van der Waals surface area (Å²) in [4.78, 5) is 4.75. The van der Waals surface area contributed by atoms with Crippen molar-refractivity contribution < 1.29 is 0 Å². The fourth-order valence-electron chi connectivity index (χ4n) is 2.62. The van der Waals surface area contributed by atoms with Crippen molar-refractivity contribution in [2.24, 2.45) is 7.05 Å². The number of nitrogens with zero attached hydrogens (tertiary/aromatic N) is 5. The van der Waals surface area contributed by atoms with E-state index in [0.29, 0.717) is 0 Å². The Kier molecular flexibility index (Phi) is 3.56. The monoisotopic (exact) mass is 272 g/mol. The largest absolute Gasteiger partial charge is 0.397 e. The molecule has 0 amide bonds. The molecule has 0 bridgehead atoms. The second-order valence-electron chi connectivity index (χ2n) is 5.21. The van der Waals surface area contributed by atoms with Crippen molar-refractivity contribution in [3.63, 3.8) is 0 Å². The van der Waals surface area contributed by atoms with Gasteiger partial charge in [0.1, 0.15) is 0 Å². The summed E-state index contributed by atoms with van der Waals surface area (Å²) in [7, 11) is 1.90. The Morgan fingerprint density at radius 1 is 1.15 bits per heavy atom. The van der Waals surface area contributed by atoms with Crippen LogP contribution in [-0.4, -0.2) is 46.1 Å². The molecule has 0 aliphatic carbocycles. The highest BCUT2D eigenvalue weighted by molar-refractivity contribution is 5.67. The fourth-order valence-corrected chi connectivity index (χ4v) is 2.62.